The number of para-hydroxylation sites is 1. The molecule has 6 aromatic carbocycles. The molecular weight excluding hydrogens is 450 g/mol. The van der Waals surface area contributed by atoms with Gasteiger partial charge in [-0.15, -0.1) is 0 Å². The number of methoxy groups -OCH3 is 1. The van der Waals surface area contributed by atoms with Crippen molar-refractivity contribution < 1.29 is 4.74 Å². The molecule has 0 unspecified atom stereocenters. The van der Waals surface area contributed by atoms with Gasteiger partial charge in [-0.1, -0.05) is 91.0 Å². The van der Waals surface area contributed by atoms with E-state index < -0.39 is 0 Å². The molecule has 6 aromatic rings. The lowest BCUT2D eigenvalue weighted by Gasteiger charge is -2.25. The summed E-state index contributed by atoms with van der Waals surface area (Å²) in [5, 5.41) is 5.12. The molecule has 0 aliphatic rings. The van der Waals surface area contributed by atoms with Crippen LogP contribution in [0.25, 0.3) is 33.7 Å². The van der Waals surface area contributed by atoms with Crippen LogP contribution in [0.15, 0.2) is 133 Å². The van der Waals surface area contributed by atoms with Gasteiger partial charge in [0.2, 0.25) is 0 Å². The lowest BCUT2D eigenvalue weighted by Crippen LogP contribution is -2.09. The summed E-state index contributed by atoms with van der Waals surface area (Å²) in [6, 6.07) is 46.9. The van der Waals surface area contributed by atoms with Gasteiger partial charge in [-0.2, -0.15) is 0 Å². The molecule has 0 bridgehead atoms. The van der Waals surface area contributed by atoms with Crippen LogP contribution in [0.3, 0.4) is 0 Å². The molecule has 178 valence electrons. The zero-order valence-electron chi connectivity index (χ0n) is 20.7. The fourth-order valence-corrected chi connectivity index (χ4v) is 4.82. The summed E-state index contributed by atoms with van der Waals surface area (Å²) in [7, 11) is 1.69. The molecule has 6 rings (SSSR count). The summed E-state index contributed by atoms with van der Waals surface area (Å²) in [6.07, 6.45) is 4.36. The Morgan fingerprint density at radius 3 is 1.81 bits per heavy atom. The molecule has 0 N–H and O–H groups in total. The van der Waals surface area contributed by atoms with E-state index in [0.717, 1.165) is 28.4 Å². The van der Waals surface area contributed by atoms with E-state index in [4.69, 9.17) is 4.74 Å². The van der Waals surface area contributed by atoms with Crippen LogP contribution in [0.4, 0.5) is 17.1 Å². The van der Waals surface area contributed by atoms with E-state index in [2.05, 4.69) is 132 Å². The molecule has 0 amide bonds. The minimum absolute atomic E-state index is 0.846. The number of benzene rings is 6. The van der Waals surface area contributed by atoms with Gasteiger partial charge < -0.3 is 9.64 Å². The van der Waals surface area contributed by atoms with E-state index in [1.54, 1.807) is 7.11 Å². The van der Waals surface area contributed by atoms with Gasteiger partial charge in [0.1, 0.15) is 5.75 Å². The largest absolute Gasteiger partial charge is 0.497 e. The number of rotatable bonds is 6. The van der Waals surface area contributed by atoms with Crippen molar-refractivity contribution in [1.29, 1.82) is 0 Å². The molecule has 0 atom stereocenters. The monoisotopic (exact) mass is 477 g/mol. The minimum atomic E-state index is 0.846. The number of hydrogen-bond acceptors (Lipinski definition) is 2. The number of nitrogens with zero attached hydrogens (tertiary/aromatic N) is 1. The average Bonchev–Trinajstić information content (AvgIpc) is 2.97. The molecule has 0 aromatic heterocycles. The standard InChI is InChI=1S/C35H27NO/c1-37-33-22-20-32(21-23-33)36(30-8-3-2-4-9-30)31-18-13-26(14-19-31)11-12-27-15-24-35-29(25-27)17-16-28-7-5-6-10-34(28)35/h2-25H,1H3/b12-11+. The van der Waals surface area contributed by atoms with Gasteiger partial charge in [-0.25, -0.2) is 0 Å². The molecule has 0 aliphatic heterocycles. The van der Waals surface area contributed by atoms with Gasteiger partial charge in [-0.3, -0.25) is 0 Å². The van der Waals surface area contributed by atoms with Gasteiger partial charge >= 0.3 is 0 Å². The SMILES string of the molecule is COc1ccc(N(c2ccccc2)c2ccc(/C=C/c3ccc4c(ccc5ccccc54)c3)cc2)cc1. The van der Waals surface area contributed by atoms with Crippen LogP contribution < -0.4 is 9.64 Å². The summed E-state index contributed by atoms with van der Waals surface area (Å²) in [6.45, 7) is 0. The van der Waals surface area contributed by atoms with E-state index in [1.807, 2.05) is 18.2 Å². The molecular formula is C35H27NO. The van der Waals surface area contributed by atoms with Crippen molar-refractivity contribution in [3.8, 4) is 5.75 Å². The van der Waals surface area contributed by atoms with Gasteiger partial charge in [0.05, 0.1) is 7.11 Å². The third kappa shape index (κ3) is 4.70. The molecule has 0 spiro atoms. The highest BCUT2D eigenvalue weighted by Crippen LogP contribution is 2.35. The fourth-order valence-electron chi connectivity index (χ4n) is 4.82. The lowest BCUT2D eigenvalue weighted by molar-refractivity contribution is 0.415. The Kier molecular flexibility index (Phi) is 6.14. The van der Waals surface area contributed by atoms with Gasteiger partial charge in [0.25, 0.3) is 0 Å². The quantitative estimate of drug-likeness (QED) is 0.175. The normalized spacial score (nSPS) is 11.3. The number of hydrogen-bond donors (Lipinski definition) is 0. The Balaban J connectivity index is 1.28. The predicted octanol–water partition coefficient (Wildman–Crippen LogP) is 9.64. The summed E-state index contributed by atoms with van der Waals surface area (Å²) < 4.78 is 5.36. The van der Waals surface area contributed by atoms with Crippen LogP contribution in [0.5, 0.6) is 5.75 Å². The first-order chi connectivity index (χ1) is 18.3. The summed E-state index contributed by atoms with van der Waals surface area (Å²) in [5.74, 6) is 0.846. The Hall–Kier alpha value is -4.82. The van der Waals surface area contributed by atoms with Crippen LogP contribution in [0.1, 0.15) is 11.1 Å². The maximum atomic E-state index is 5.36. The second-order valence-electron chi connectivity index (χ2n) is 9.06. The molecule has 0 heterocycles. The molecule has 0 saturated carbocycles. The van der Waals surface area contributed by atoms with Gasteiger partial charge in [0.15, 0.2) is 0 Å². The minimum Gasteiger partial charge on any atom is -0.497 e. The van der Waals surface area contributed by atoms with E-state index in [1.165, 1.54) is 27.1 Å². The summed E-state index contributed by atoms with van der Waals surface area (Å²) >= 11 is 0. The van der Waals surface area contributed by atoms with E-state index in [-0.39, 0.29) is 0 Å². The first-order valence-corrected chi connectivity index (χ1v) is 12.5. The fraction of sp³-hybridized carbons (Fsp3) is 0.0286. The van der Waals surface area contributed by atoms with Crippen molar-refractivity contribution in [1.82, 2.24) is 0 Å². The van der Waals surface area contributed by atoms with Crippen LogP contribution >= 0.6 is 0 Å². The molecule has 37 heavy (non-hydrogen) atoms. The van der Waals surface area contributed by atoms with Crippen molar-refractivity contribution >= 4 is 50.8 Å². The molecule has 2 nitrogen and oxygen atoms in total. The number of anilines is 3. The highest BCUT2D eigenvalue weighted by molar-refractivity contribution is 6.07. The van der Waals surface area contributed by atoms with Crippen LogP contribution in [0, 0.1) is 0 Å². The van der Waals surface area contributed by atoms with Crippen molar-refractivity contribution in [2.75, 3.05) is 12.0 Å². The second-order valence-corrected chi connectivity index (χ2v) is 9.06. The third-order valence-electron chi connectivity index (χ3n) is 6.73. The van der Waals surface area contributed by atoms with E-state index in [0.29, 0.717) is 0 Å². The Morgan fingerprint density at radius 1 is 0.486 bits per heavy atom. The summed E-state index contributed by atoms with van der Waals surface area (Å²) in [4.78, 5) is 2.25. The smallest absolute Gasteiger partial charge is 0.119 e. The maximum Gasteiger partial charge on any atom is 0.119 e. The van der Waals surface area contributed by atoms with E-state index >= 15 is 0 Å². The topological polar surface area (TPSA) is 12.5 Å². The number of ether oxygens (including phenoxy) is 1. The lowest BCUT2D eigenvalue weighted by atomic mass is 10.00. The molecule has 0 saturated heterocycles. The first-order valence-electron chi connectivity index (χ1n) is 12.5. The van der Waals surface area contributed by atoms with Crippen LogP contribution in [-0.2, 0) is 0 Å². The van der Waals surface area contributed by atoms with Crippen LogP contribution in [-0.4, -0.2) is 7.11 Å². The van der Waals surface area contributed by atoms with Crippen molar-refractivity contribution in [3.63, 3.8) is 0 Å². The predicted molar refractivity (Wildman–Crippen MR) is 158 cm³/mol. The van der Waals surface area contributed by atoms with Crippen molar-refractivity contribution in [2.24, 2.45) is 0 Å². The average molecular weight is 478 g/mol. The zero-order valence-corrected chi connectivity index (χ0v) is 20.7. The molecule has 2 heteroatoms. The summed E-state index contributed by atoms with van der Waals surface area (Å²) in [5.41, 5.74) is 5.64. The molecule has 0 radical (unpaired) electrons. The third-order valence-corrected chi connectivity index (χ3v) is 6.73. The Labute approximate surface area is 217 Å². The van der Waals surface area contributed by atoms with Crippen LogP contribution in [0.2, 0.25) is 0 Å². The van der Waals surface area contributed by atoms with Gasteiger partial charge in [0, 0.05) is 17.1 Å². The highest BCUT2D eigenvalue weighted by Gasteiger charge is 2.12. The van der Waals surface area contributed by atoms with Crippen molar-refractivity contribution in [2.45, 2.75) is 0 Å². The number of fused-ring (bicyclic) bond motifs is 3. The van der Waals surface area contributed by atoms with E-state index in [9.17, 15) is 0 Å². The van der Waals surface area contributed by atoms with Crippen molar-refractivity contribution in [3.05, 3.63) is 145 Å². The Morgan fingerprint density at radius 2 is 1.05 bits per heavy atom. The Bertz CT molecular complexity index is 1680. The highest BCUT2D eigenvalue weighted by atomic mass is 16.5. The second kappa shape index (κ2) is 10.0. The zero-order chi connectivity index (χ0) is 25.0. The first kappa shape index (κ1) is 22.6. The molecule has 0 fully saturated rings. The molecule has 0 aliphatic carbocycles. The maximum absolute atomic E-state index is 5.36. The van der Waals surface area contributed by atoms with Gasteiger partial charge in [-0.05, 0) is 87.3 Å².